The van der Waals surface area contributed by atoms with Crippen molar-refractivity contribution in [2.24, 2.45) is 5.73 Å². The summed E-state index contributed by atoms with van der Waals surface area (Å²) in [5, 5.41) is 5.80. The second kappa shape index (κ2) is 7.01. The average molecular weight is 275 g/mol. The molecule has 0 fully saturated rings. The molecule has 1 aromatic heterocycles. The zero-order valence-corrected chi connectivity index (χ0v) is 11.4. The van der Waals surface area contributed by atoms with Crippen molar-refractivity contribution in [1.29, 1.82) is 0 Å². The molecule has 1 amide bonds. The summed E-state index contributed by atoms with van der Waals surface area (Å²) in [4.78, 5) is 16.0. The minimum Gasteiger partial charge on any atom is -0.354 e. The zero-order valence-electron chi connectivity index (χ0n) is 10.6. The molecule has 0 aliphatic carbocycles. The first-order valence-electron chi connectivity index (χ1n) is 6.21. The van der Waals surface area contributed by atoms with Gasteiger partial charge in [-0.15, -0.1) is 11.3 Å². The molecule has 0 aliphatic rings. The third-order valence-corrected chi connectivity index (χ3v) is 3.60. The maximum absolute atomic E-state index is 11.8. The van der Waals surface area contributed by atoms with Gasteiger partial charge in [0.15, 0.2) is 0 Å². The molecule has 0 bridgehead atoms. The minimum absolute atomic E-state index is 0.111. The van der Waals surface area contributed by atoms with E-state index in [0.29, 0.717) is 13.0 Å². The quantitative estimate of drug-likeness (QED) is 0.836. The molecule has 0 saturated carbocycles. The average Bonchev–Trinajstić information content (AvgIpc) is 2.93. The van der Waals surface area contributed by atoms with Gasteiger partial charge in [0, 0.05) is 24.5 Å². The van der Waals surface area contributed by atoms with Gasteiger partial charge in [0.2, 0.25) is 5.91 Å². The number of benzene rings is 1. The van der Waals surface area contributed by atoms with E-state index in [1.165, 1.54) is 0 Å². The number of rotatable bonds is 6. The van der Waals surface area contributed by atoms with Gasteiger partial charge in [-0.1, -0.05) is 30.3 Å². The van der Waals surface area contributed by atoms with Crippen LogP contribution < -0.4 is 11.1 Å². The van der Waals surface area contributed by atoms with Crippen molar-refractivity contribution in [3.05, 3.63) is 52.5 Å². The lowest BCUT2D eigenvalue weighted by atomic mass is 10.1. The number of nitrogens with zero attached hydrogens (tertiary/aromatic N) is 1. The molecule has 2 aromatic rings. The van der Waals surface area contributed by atoms with E-state index in [1.807, 2.05) is 35.7 Å². The van der Waals surface area contributed by atoms with Gasteiger partial charge >= 0.3 is 0 Å². The molecule has 0 saturated heterocycles. The van der Waals surface area contributed by atoms with Gasteiger partial charge in [-0.3, -0.25) is 4.79 Å². The predicted octanol–water partition coefficient (Wildman–Crippen LogP) is 1.37. The third-order valence-electron chi connectivity index (χ3n) is 2.76. The fourth-order valence-electron chi connectivity index (χ4n) is 1.76. The molecule has 5 heteroatoms. The number of carbonyl (C=O) groups excluding carboxylic acids is 1. The molecule has 3 N–H and O–H groups in total. The molecule has 100 valence electrons. The summed E-state index contributed by atoms with van der Waals surface area (Å²) in [6, 6.07) is 9.29. The molecule has 0 aliphatic heterocycles. The fourth-order valence-corrected chi connectivity index (χ4v) is 2.38. The van der Waals surface area contributed by atoms with E-state index < -0.39 is 6.04 Å². The Morgan fingerprint density at radius 3 is 2.84 bits per heavy atom. The summed E-state index contributed by atoms with van der Waals surface area (Å²) < 4.78 is 0. The molecule has 4 nitrogen and oxygen atoms in total. The topological polar surface area (TPSA) is 68.0 Å². The fraction of sp³-hybridized carbons (Fsp3) is 0.286. The van der Waals surface area contributed by atoms with Crippen molar-refractivity contribution >= 4 is 17.2 Å². The Morgan fingerprint density at radius 2 is 2.16 bits per heavy atom. The molecular formula is C14H17N3OS. The number of hydrogen-bond donors (Lipinski definition) is 2. The normalized spacial score (nSPS) is 12.1. The Balaban J connectivity index is 1.73. The van der Waals surface area contributed by atoms with Gasteiger partial charge in [-0.05, 0) is 12.0 Å². The first-order valence-corrected chi connectivity index (χ1v) is 7.09. The van der Waals surface area contributed by atoms with Gasteiger partial charge in [0.05, 0.1) is 11.0 Å². The molecule has 1 heterocycles. The Labute approximate surface area is 116 Å². The van der Waals surface area contributed by atoms with Gasteiger partial charge in [-0.2, -0.15) is 0 Å². The lowest BCUT2D eigenvalue weighted by Crippen LogP contribution is -2.42. The highest BCUT2D eigenvalue weighted by Crippen LogP contribution is 2.04. The van der Waals surface area contributed by atoms with Gasteiger partial charge in [0.25, 0.3) is 0 Å². The van der Waals surface area contributed by atoms with Gasteiger partial charge in [0.1, 0.15) is 0 Å². The van der Waals surface area contributed by atoms with Crippen LogP contribution in [0, 0.1) is 0 Å². The van der Waals surface area contributed by atoms with E-state index >= 15 is 0 Å². The van der Waals surface area contributed by atoms with Crippen LogP contribution in [-0.2, 0) is 17.6 Å². The number of thiazole rings is 1. The standard InChI is InChI=1S/C14H17N3OS/c15-12(10-11-4-2-1-3-5-11)14(18)17-7-6-13-16-8-9-19-13/h1-5,8-9,12H,6-7,10,15H2,(H,17,18)/t12-/m1/s1. The number of amides is 1. The van der Waals surface area contributed by atoms with Crippen molar-refractivity contribution < 1.29 is 4.79 Å². The van der Waals surface area contributed by atoms with Crippen LogP contribution in [0.2, 0.25) is 0 Å². The van der Waals surface area contributed by atoms with Crippen molar-refractivity contribution in [3.8, 4) is 0 Å². The van der Waals surface area contributed by atoms with Crippen LogP contribution in [0.3, 0.4) is 0 Å². The molecule has 1 atom stereocenters. The van der Waals surface area contributed by atoms with Crippen molar-refractivity contribution in [1.82, 2.24) is 10.3 Å². The highest BCUT2D eigenvalue weighted by Gasteiger charge is 2.13. The second-order valence-corrected chi connectivity index (χ2v) is 5.24. The number of nitrogens with two attached hydrogens (primary N) is 1. The van der Waals surface area contributed by atoms with Crippen LogP contribution >= 0.6 is 11.3 Å². The van der Waals surface area contributed by atoms with E-state index in [-0.39, 0.29) is 5.91 Å². The summed E-state index contributed by atoms with van der Waals surface area (Å²) in [6.45, 7) is 0.578. The second-order valence-electron chi connectivity index (χ2n) is 4.26. The summed E-state index contributed by atoms with van der Waals surface area (Å²) >= 11 is 1.59. The predicted molar refractivity (Wildman–Crippen MR) is 76.9 cm³/mol. The van der Waals surface area contributed by atoms with Crippen molar-refractivity contribution in [2.75, 3.05) is 6.54 Å². The third kappa shape index (κ3) is 4.46. The van der Waals surface area contributed by atoms with Crippen LogP contribution in [0.4, 0.5) is 0 Å². The smallest absolute Gasteiger partial charge is 0.237 e. The molecule has 1 aromatic carbocycles. The highest BCUT2D eigenvalue weighted by atomic mass is 32.1. The largest absolute Gasteiger partial charge is 0.354 e. The molecule has 0 unspecified atom stereocenters. The van der Waals surface area contributed by atoms with Gasteiger partial charge in [-0.25, -0.2) is 4.98 Å². The van der Waals surface area contributed by atoms with Crippen LogP contribution in [0.25, 0.3) is 0 Å². The Morgan fingerprint density at radius 1 is 1.37 bits per heavy atom. The summed E-state index contributed by atoms with van der Waals surface area (Å²) in [5.74, 6) is -0.111. The molecular weight excluding hydrogens is 258 g/mol. The maximum Gasteiger partial charge on any atom is 0.237 e. The zero-order chi connectivity index (χ0) is 13.5. The monoisotopic (exact) mass is 275 g/mol. The lowest BCUT2D eigenvalue weighted by molar-refractivity contribution is -0.122. The van der Waals surface area contributed by atoms with E-state index in [2.05, 4.69) is 10.3 Å². The van der Waals surface area contributed by atoms with E-state index in [1.54, 1.807) is 17.5 Å². The summed E-state index contributed by atoms with van der Waals surface area (Å²) in [7, 11) is 0. The van der Waals surface area contributed by atoms with E-state index in [0.717, 1.165) is 17.0 Å². The lowest BCUT2D eigenvalue weighted by Gasteiger charge is -2.11. The number of nitrogens with one attached hydrogen (secondary N) is 1. The SMILES string of the molecule is N[C@H](Cc1ccccc1)C(=O)NCCc1nccs1. The summed E-state index contributed by atoms with van der Waals surface area (Å²) in [5.41, 5.74) is 6.96. The van der Waals surface area contributed by atoms with E-state index in [4.69, 9.17) is 5.73 Å². The molecule has 2 rings (SSSR count). The Kier molecular flexibility index (Phi) is 5.06. The number of hydrogen-bond acceptors (Lipinski definition) is 4. The van der Waals surface area contributed by atoms with Crippen LogP contribution in [-0.4, -0.2) is 23.5 Å². The number of carbonyl (C=O) groups is 1. The minimum atomic E-state index is -0.501. The van der Waals surface area contributed by atoms with Crippen LogP contribution in [0.15, 0.2) is 41.9 Å². The first kappa shape index (κ1) is 13.7. The first-order chi connectivity index (χ1) is 9.25. The number of aromatic nitrogens is 1. The van der Waals surface area contributed by atoms with Crippen LogP contribution in [0.1, 0.15) is 10.6 Å². The maximum atomic E-state index is 11.8. The van der Waals surface area contributed by atoms with Gasteiger partial charge < -0.3 is 11.1 Å². The molecule has 0 radical (unpaired) electrons. The highest BCUT2D eigenvalue weighted by molar-refractivity contribution is 7.09. The molecule has 0 spiro atoms. The van der Waals surface area contributed by atoms with E-state index in [9.17, 15) is 4.79 Å². The van der Waals surface area contributed by atoms with Crippen LogP contribution in [0.5, 0.6) is 0 Å². The van der Waals surface area contributed by atoms with Crippen molar-refractivity contribution in [2.45, 2.75) is 18.9 Å². The van der Waals surface area contributed by atoms with Crippen molar-refractivity contribution in [3.63, 3.8) is 0 Å². The molecule has 19 heavy (non-hydrogen) atoms. The Bertz CT molecular complexity index is 499. The Hall–Kier alpha value is -1.72. The summed E-state index contributed by atoms with van der Waals surface area (Å²) in [6.07, 6.45) is 3.08.